The molecule has 1 N–H and O–H groups in total. The van der Waals surface area contributed by atoms with Crippen molar-refractivity contribution in [3.8, 4) is 0 Å². The highest BCUT2D eigenvalue weighted by molar-refractivity contribution is 7.09. The number of rotatable bonds is 6. The Hall–Kier alpha value is -0.490. The lowest BCUT2D eigenvalue weighted by Gasteiger charge is -2.35. The predicted octanol–water partition coefficient (Wildman–Crippen LogP) is 1.38. The number of morpholine rings is 1. The molecule has 1 aromatic rings. The molecule has 5 heteroatoms. The van der Waals surface area contributed by atoms with Gasteiger partial charge in [0, 0.05) is 37.1 Å². The van der Waals surface area contributed by atoms with Gasteiger partial charge in [0.05, 0.1) is 17.7 Å². The Bertz CT molecular complexity index is 331. The highest BCUT2D eigenvalue weighted by Crippen LogP contribution is 2.14. The van der Waals surface area contributed by atoms with Crippen LogP contribution in [0.15, 0.2) is 11.6 Å². The van der Waals surface area contributed by atoms with Gasteiger partial charge in [0.25, 0.3) is 0 Å². The Kier molecular flexibility index (Phi) is 5.56. The lowest BCUT2D eigenvalue weighted by Crippen LogP contribution is -2.52. The summed E-state index contributed by atoms with van der Waals surface area (Å²) in [5, 5.41) is 6.85. The Morgan fingerprint density at radius 3 is 3.22 bits per heavy atom. The number of hydrogen-bond donors (Lipinski definition) is 1. The van der Waals surface area contributed by atoms with E-state index < -0.39 is 0 Å². The fourth-order valence-electron chi connectivity index (χ4n) is 2.26. The molecule has 18 heavy (non-hydrogen) atoms. The molecule has 0 radical (unpaired) electrons. The van der Waals surface area contributed by atoms with Gasteiger partial charge in [-0.15, -0.1) is 11.3 Å². The van der Waals surface area contributed by atoms with Gasteiger partial charge < -0.3 is 15.0 Å². The molecule has 2 rings (SSSR count). The summed E-state index contributed by atoms with van der Waals surface area (Å²) in [5.74, 6) is 0. The molecular weight excluding hydrogens is 246 g/mol. The average molecular weight is 269 g/mol. The molecule has 4 nitrogen and oxygen atoms in total. The largest absolute Gasteiger partial charge is 0.374 e. The van der Waals surface area contributed by atoms with Crippen molar-refractivity contribution in [1.29, 1.82) is 0 Å². The van der Waals surface area contributed by atoms with Gasteiger partial charge in [0.1, 0.15) is 0 Å². The zero-order chi connectivity index (χ0) is 12.8. The number of nitrogens with zero attached hydrogens (tertiary/aromatic N) is 2. The number of likely N-dealkylation sites (N-methyl/N-ethyl adjacent to an activating group) is 1. The van der Waals surface area contributed by atoms with Crippen LogP contribution in [0, 0.1) is 0 Å². The minimum Gasteiger partial charge on any atom is -0.374 e. The van der Waals surface area contributed by atoms with Crippen LogP contribution in [0.25, 0.3) is 0 Å². The van der Waals surface area contributed by atoms with E-state index in [2.05, 4.69) is 29.2 Å². The molecule has 0 spiro atoms. The Balaban J connectivity index is 1.94. The molecule has 0 saturated carbocycles. The summed E-state index contributed by atoms with van der Waals surface area (Å²) in [6.45, 7) is 6.12. The summed E-state index contributed by atoms with van der Waals surface area (Å²) in [6.07, 6.45) is 4.27. The zero-order valence-electron chi connectivity index (χ0n) is 11.3. The molecule has 0 bridgehead atoms. The Morgan fingerprint density at radius 1 is 1.67 bits per heavy atom. The van der Waals surface area contributed by atoms with Gasteiger partial charge in [-0.2, -0.15) is 0 Å². The van der Waals surface area contributed by atoms with E-state index in [9.17, 15) is 0 Å². The molecule has 2 atom stereocenters. The van der Waals surface area contributed by atoms with Crippen LogP contribution in [-0.4, -0.2) is 55.3 Å². The number of nitrogens with one attached hydrogen (secondary N) is 1. The second-order valence-electron chi connectivity index (χ2n) is 4.86. The molecule has 1 saturated heterocycles. The van der Waals surface area contributed by atoms with E-state index in [-0.39, 0.29) is 6.10 Å². The van der Waals surface area contributed by atoms with Crippen LogP contribution < -0.4 is 5.32 Å². The fourth-order valence-corrected chi connectivity index (χ4v) is 2.94. The highest BCUT2D eigenvalue weighted by Gasteiger charge is 2.27. The van der Waals surface area contributed by atoms with E-state index in [0.29, 0.717) is 6.04 Å². The summed E-state index contributed by atoms with van der Waals surface area (Å²) < 4.78 is 5.93. The van der Waals surface area contributed by atoms with Gasteiger partial charge in [0.15, 0.2) is 0 Å². The molecule has 2 heterocycles. The molecule has 0 aliphatic carbocycles. The van der Waals surface area contributed by atoms with Crippen LogP contribution in [-0.2, 0) is 11.2 Å². The summed E-state index contributed by atoms with van der Waals surface area (Å²) in [7, 11) is 2.16. The number of hydrogen-bond acceptors (Lipinski definition) is 5. The van der Waals surface area contributed by atoms with E-state index in [0.717, 1.165) is 39.1 Å². The molecule has 1 aliphatic heterocycles. The first-order valence-electron chi connectivity index (χ1n) is 6.71. The van der Waals surface area contributed by atoms with Crippen LogP contribution in [0.1, 0.15) is 18.4 Å². The normalized spacial score (nSPS) is 23.1. The van der Waals surface area contributed by atoms with E-state index in [1.807, 2.05) is 11.6 Å². The van der Waals surface area contributed by atoms with Gasteiger partial charge in [-0.1, -0.05) is 6.92 Å². The zero-order valence-corrected chi connectivity index (χ0v) is 12.1. The third-order valence-corrected chi connectivity index (χ3v) is 4.08. The van der Waals surface area contributed by atoms with Crippen molar-refractivity contribution >= 4 is 11.3 Å². The topological polar surface area (TPSA) is 37.4 Å². The number of ether oxygens (including phenoxy) is 1. The SMILES string of the molecule is CCCNC(Cc1nccs1)C1CN(C)CCO1. The monoisotopic (exact) mass is 269 g/mol. The molecule has 1 aliphatic rings. The first-order chi connectivity index (χ1) is 8.79. The molecule has 1 aromatic heterocycles. The van der Waals surface area contributed by atoms with E-state index in [1.165, 1.54) is 5.01 Å². The van der Waals surface area contributed by atoms with Gasteiger partial charge >= 0.3 is 0 Å². The van der Waals surface area contributed by atoms with Crippen molar-refractivity contribution in [3.05, 3.63) is 16.6 Å². The minimum atomic E-state index is 0.277. The third-order valence-electron chi connectivity index (χ3n) is 3.28. The standard InChI is InChI=1S/C13H23N3OS/c1-3-4-14-11(9-13-15-5-8-18-13)12-10-16(2)6-7-17-12/h5,8,11-12,14H,3-4,6-7,9-10H2,1-2H3. The number of aromatic nitrogens is 1. The van der Waals surface area contributed by atoms with Crippen LogP contribution in [0.5, 0.6) is 0 Å². The third kappa shape index (κ3) is 4.02. The quantitative estimate of drug-likeness (QED) is 0.847. The maximum Gasteiger partial charge on any atom is 0.0941 e. The summed E-state index contributed by atoms with van der Waals surface area (Å²) >= 11 is 1.73. The lowest BCUT2D eigenvalue weighted by molar-refractivity contribution is -0.0383. The second kappa shape index (κ2) is 7.19. The predicted molar refractivity (Wildman–Crippen MR) is 75.1 cm³/mol. The van der Waals surface area contributed by atoms with Crippen LogP contribution in [0.3, 0.4) is 0 Å². The fraction of sp³-hybridized carbons (Fsp3) is 0.769. The van der Waals surface area contributed by atoms with Crippen molar-refractivity contribution < 1.29 is 4.74 Å². The second-order valence-corrected chi connectivity index (χ2v) is 5.84. The summed E-state index contributed by atoms with van der Waals surface area (Å²) in [4.78, 5) is 6.73. The van der Waals surface area contributed by atoms with Crippen molar-refractivity contribution in [2.45, 2.75) is 31.9 Å². The molecule has 102 valence electrons. The highest BCUT2D eigenvalue weighted by atomic mass is 32.1. The van der Waals surface area contributed by atoms with Crippen molar-refractivity contribution in [2.24, 2.45) is 0 Å². The molecule has 2 unspecified atom stereocenters. The van der Waals surface area contributed by atoms with Gasteiger partial charge in [0.2, 0.25) is 0 Å². The average Bonchev–Trinajstić information content (AvgIpc) is 2.87. The summed E-state index contributed by atoms with van der Waals surface area (Å²) in [6, 6.07) is 0.374. The van der Waals surface area contributed by atoms with Crippen LogP contribution >= 0.6 is 11.3 Å². The van der Waals surface area contributed by atoms with E-state index in [1.54, 1.807) is 11.3 Å². The summed E-state index contributed by atoms with van der Waals surface area (Å²) in [5.41, 5.74) is 0. The lowest BCUT2D eigenvalue weighted by atomic mass is 10.1. The van der Waals surface area contributed by atoms with E-state index >= 15 is 0 Å². The maximum absolute atomic E-state index is 5.93. The van der Waals surface area contributed by atoms with Crippen LogP contribution in [0.4, 0.5) is 0 Å². The minimum absolute atomic E-state index is 0.277. The van der Waals surface area contributed by atoms with Crippen LogP contribution in [0.2, 0.25) is 0 Å². The van der Waals surface area contributed by atoms with Crippen molar-refractivity contribution in [2.75, 3.05) is 33.3 Å². The van der Waals surface area contributed by atoms with Gasteiger partial charge in [-0.25, -0.2) is 4.98 Å². The molecule has 0 amide bonds. The molecule has 1 fully saturated rings. The first kappa shape index (κ1) is 13.9. The molecule has 0 aromatic carbocycles. The smallest absolute Gasteiger partial charge is 0.0941 e. The maximum atomic E-state index is 5.93. The molecular formula is C13H23N3OS. The van der Waals surface area contributed by atoms with Crippen molar-refractivity contribution in [3.63, 3.8) is 0 Å². The first-order valence-corrected chi connectivity index (χ1v) is 7.59. The van der Waals surface area contributed by atoms with Gasteiger partial charge in [-0.3, -0.25) is 0 Å². The van der Waals surface area contributed by atoms with E-state index in [4.69, 9.17) is 4.74 Å². The number of thiazole rings is 1. The van der Waals surface area contributed by atoms with Gasteiger partial charge in [-0.05, 0) is 20.0 Å². The Morgan fingerprint density at radius 2 is 2.56 bits per heavy atom. The van der Waals surface area contributed by atoms with Crippen molar-refractivity contribution in [1.82, 2.24) is 15.2 Å². The Labute approximate surface area is 113 Å².